The van der Waals surface area contributed by atoms with Crippen molar-refractivity contribution in [1.82, 2.24) is 0 Å². The van der Waals surface area contributed by atoms with E-state index in [0.29, 0.717) is 5.41 Å². The molecule has 2 unspecified atom stereocenters. The molecule has 12 heavy (non-hydrogen) atoms. The summed E-state index contributed by atoms with van der Waals surface area (Å²) in [6, 6.07) is 0. The van der Waals surface area contributed by atoms with Crippen LogP contribution in [0, 0.1) is 17.3 Å². The number of halogens is 1. The van der Waals surface area contributed by atoms with Gasteiger partial charge in [0.25, 0.3) is 0 Å². The van der Waals surface area contributed by atoms with Crippen LogP contribution in [0.3, 0.4) is 0 Å². The van der Waals surface area contributed by atoms with Crippen LogP contribution in [0.25, 0.3) is 0 Å². The Bertz CT molecular complexity index is 175. The topological polar surface area (TPSA) is 0 Å². The fourth-order valence-corrected chi connectivity index (χ4v) is 3.15. The van der Waals surface area contributed by atoms with E-state index in [-0.39, 0.29) is 0 Å². The summed E-state index contributed by atoms with van der Waals surface area (Å²) in [7, 11) is 0. The van der Waals surface area contributed by atoms with Gasteiger partial charge in [-0.3, -0.25) is 0 Å². The van der Waals surface area contributed by atoms with Crippen LogP contribution < -0.4 is 0 Å². The molecule has 0 amide bonds. The van der Waals surface area contributed by atoms with Crippen LogP contribution >= 0.6 is 11.6 Å². The average Bonchev–Trinajstić information content (AvgIpc) is 2.72. The lowest BCUT2D eigenvalue weighted by atomic mass is 9.81. The Hall–Kier alpha value is 0.0300. The Balaban J connectivity index is 1.91. The first-order valence-electron chi connectivity index (χ1n) is 4.96. The van der Waals surface area contributed by atoms with Crippen molar-refractivity contribution in [2.45, 2.75) is 32.1 Å². The largest absolute Gasteiger partial charge is 0.126 e. The fourth-order valence-electron chi connectivity index (χ4n) is 2.79. The van der Waals surface area contributed by atoms with Crippen LogP contribution in [0.4, 0.5) is 0 Å². The third-order valence-corrected chi connectivity index (χ3v) is 4.19. The van der Waals surface area contributed by atoms with Crippen LogP contribution in [0.2, 0.25) is 0 Å². The standard InChI is InChI=1S/C11H17Cl/c1-2-3-4-11(8-12)6-9-5-10(9)7-11/h2,9-10H,1,3-8H2. The Labute approximate surface area is 80.0 Å². The van der Waals surface area contributed by atoms with E-state index in [1.54, 1.807) is 0 Å². The van der Waals surface area contributed by atoms with Crippen molar-refractivity contribution in [3.8, 4) is 0 Å². The second kappa shape index (κ2) is 3.06. The normalized spacial score (nSPS) is 44.1. The molecule has 2 rings (SSSR count). The summed E-state index contributed by atoms with van der Waals surface area (Å²) >= 11 is 6.05. The van der Waals surface area contributed by atoms with E-state index in [9.17, 15) is 0 Å². The fraction of sp³-hybridized carbons (Fsp3) is 0.818. The summed E-state index contributed by atoms with van der Waals surface area (Å²) < 4.78 is 0. The summed E-state index contributed by atoms with van der Waals surface area (Å²) in [6.07, 6.45) is 8.73. The summed E-state index contributed by atoms with van der Waals surface area (Å²) in [4.78, 5) is 0. The smallest absolute Gasteiger partial charge is 0.0280 e. The van der Waals surface area contributed by atoms with Gasteiger partial charge in [-0.05, 0) is 49.4 Å². The van der Waals surface area contributed by atoms with Crippen molar-refractivity contribution in [2.24, 2.45) is 17.3 Å². The maximum atomic E-state index is 6.05. The SMILES string of the molecule is C=CCCC1(CCl)CC2CC2C1. The molecule has 68 valence electrons. The molecule has 1 heteroatoms. The van der Waals surface area contributed by atoms with E-state index in [1.807, 2.05) is 6.08 Å². The second-order valence-electron chi connectivity index (χ2n) is 4.63. The molecule has 0 nitrogen and oxygen atoms in total. The van der Waals surface area contributed by atoms with Gasteiger partial charge in [-0.2, -0.15) is 0 Å². The third kappa shape index (κ3) is 1.42. The highest BCUT2D eigenvalue weighted by Crippen LogP contribution is 2.61. The van der Waals surface area contributed by atoms with Crippen molar-refractivity contribution < 1.29 is 0 Å². The minimum atomic E-state index is 0.503. The molecule has 0 radical (unpaired) electrons. The first kappa shape index (κ1) is 8.62. The Morgan fingerprint density at radius 1 is 1.42 bits per heavy atom. The molecule has 0 aliphatic heterocycles. The first-order valence-corrected chi connectivity index (χ1v) is 5.50. The van der Waals surface area contributed by atoms with Crippen molar-refractivity contribution >= 4 is 11.6 Å². The second-order valence-corrected chi connectivity index (χ2v) is 4.89. The molecule has 0 spiro atoms. The summed E-state index contributed by atoms with van der Waals surface area (Å²) in [5.41, 5.74) is 0.503. The van der Waals surface area contributed by atoms with Gasteiger partial charge in [0.05, 0.1) is 0 Å². The minimum Gasteiger partial charge on any atom is -0.126 e. The van der Waals surface area contributed by atoms with Gasteiger partial charge in [-0.25, -0.2) is 0 Å². The third-order valence-electron chi connectivity index (χ3n) is 3.62. The summed E-state index contributed by atoms with van der Waals surface area (Å²) in [5, 5.41) is 0. The van der Waals surface area contributed by atoms with Gasteiger partial charge in [0.2, 0.25) is 0 Å². The number of alkyl halides is 1. The lowest BCUT2D eigenvalue weighted by Gasteiger charge is -2.27. The average molecular weight is 185 g/mol. The predicted molar refractivity (Wildman–Crippen MR) is 53.4 cm³/mol. The molecule has 0 bridgehead atoms. The van der Waals surface area contributed by atoms with E-state index < -0.39 is 0 Å². The number of hydrogen-bond acceptors (Lipinski definition) is 0. The minimum absolute atomic E-state index is 0.503. The highest BCUT2D eigenvalue weighted by atomic mass is 35.5. The van der Waals surface area contributed by atoms with Gasteiger partial charge in [0.1, 0.15) is 0 Å². The van der Waals surface area contributed by atoms with E-state index in [2.05, 4.69) is 6.58 Å². The zero-order valence-electron chi connectivity index (χ0n) is 7.56. The van der Waals surface area contributed by atoms with Crippen molar-refractivity contribution in [1.29, 1.82) is 0 Å². The zero-order valence-corrected chi connectivity index (χ0v) is 8.32. The lowest BCUT2D eigenvalue weighted by molar-refractivity contribution is 0.283. The van der Waals surface area contributed by atoms with E-state index >= 15 is 0 Å². The van der Waals surface area contributed by atoms with Crippen LogP contribution in [0.1, 0.15) is 32.1 Å². The van der Waals surface area contributed by atoms with Gasteiger partial charge in [0.15, 0.2) is 0 Å². The van der Waals surface area contributed by atoms with Crippen LogP contribution in [0.5, 0.6) is 0 Å². The first-order chi connectivity index (χ1) is 5.79. The molecular formula is C11H17Cl. The molecule has 0 aromatic carbocycles. The maximum Gasteiger partial charge on any atom is 0.0280 e. The van der Waals surface area contributed by atoms with Crippen LogP contribution in [-0.2, 0) is 0 Å². The van der Waals surface area contributed by atoms with Gasteiger partial charge in [0, 0.05) is 5.88 Å². The highest BCUT2D eigenvalue weighted by Gasteiger charge is 2.52. The van der Waals surface area contributed by atoms with E-state index in [4.69, 9.17) is 11.6 Å². The number of hydrogen-bond donors (Lipinski definition) is 0. The number of rotatable bonds is 4. The monoisotopic (exact) mass is 184 g/mol. The summed E-state index contributed by atoms with van der Waals surface area (Å²) in [5.74, 6) is 2.97. The molecule has 0 saturated heterocycles. The number of allylic oxidation sites excluding steroid dienone is 1. The number of fused-ring (bicyclic) bond motifs is 1. The molecule has 2 saturated carbocycles. The van der Waals surface area contributed by atoms with E-state index in [0.717, 1.165) is 24.1 Å². The highest BCUT2D eigenvalue weighted by molar-refractivity contribution is 6.18. The van der Waals surface area contributed by atoms with Crippen LogP contribution in [0.15, 0.2) is 12.7 Å². The maximum absolute atomic E-state index is 6.05. The van der Waals surface area contributed by atoms with Gasteiger partial charge < -0.3 is 0 Å². The van der Waals surface area contributed by atoms with Crippen LogP contribution in [-0.4, -0.2) is 5.88 Å². The van der Waals surface area contributed by atoms with E-state index in [1.165, 1.54) is 25.7 Å². The van der Waals surface area contributed by atoms with Crippen molar-refractivity contribution in [3.63, 3.8) is 0 Å². The quantitative estimate of drug-likeness (QED) is 0.463. The Kier molecular flexibility index (Phi) is 2.20. The summed E-state index contributed by atoms with van der Waals surface area (Å²) in [6.45, 7) is 3.77. The lowest BCUT2D eigenvalue weighted by Crippen LogP contribution is -2.20. The van der Waals surface area contributed by atoms with Gasteiger partial charge in [-0.1, -0.05) is 6.08 Å². The Morgan fingerprint density at radius 3 is 2.58 bits per heavy atom. The van der Waals surface area contributed by atoms with Crippen molar-refractivity contribution in [3.05, 3.63) is 12.7 Å². The van der Waals surface area contributed by atoms with Crippen molar-refractivity contribution in [2.75, 3.05) is 5.88 Å². The molecule has 2 atom stereocenters. The molecule has 0 N–H and O–H groups in total. The molecule has 0 aromatic rings. The molecule has 0 aromatic heterocycles. The molecule has 2 aliphatic rings. The Morgan fingerprint density at radius 2 is 2.08 bits per heavy atom. The molecule has 2 fully saturated rings. The van der Waals surface area contributed by atoms with Gasteiger partial charge >= 0.3 is 0 Å². The van der Waals surface area contributed by atoms with Gasteiger partial charge in [-0.15, -0.1) is 18.2 Å². The molecular weight excluding hydrogens is 168 g/mol. The predicted octanol–water partition coefficient (Wildman–Crippen LogP) is 3.61. The molecule has 2 aliphatic carbocycles. The molecule has 0 heterocycles. The zero-order chi connectivity index (χ0) is 8.60.